The molecule has 6 heteroatoms. The Kier molecular flexibility index (Phi) is 3.88. The predicted molar refractivity (Wildman–Crippen MR) is 61.7 cm³/mol. The number of aromatic nitrogens is 1. The SMILES string of the molecule is CC(C)CN(C)S(=O)(=O)c1ccc[nH]c1=O. The van der Waals surface area contributed by atoms with Gasteiger partial charge in [-0.05, 0) is 18.1 Å². The fraction of sp³-hybridized carbons (Fsp3) is 0.500. The summed E-state index contributed by atoms with van der Waals surface area (Å²) in [6.07, 6.45) is 1.41. The van der Waals surface area contributed by atoms with Gasteiger partial charge in [-0.25, -0.2) is 12.7 Å². The number of nitrogens with zero attached hydrogens (tertiary/aromatic N) is 1. The van der Waals surface area contributed by atoms with E-state index in [9.17, 15) is 13.2 Å². The predicted octanol–water partition coefficient (Wildman–Crippen LogP) is 0.651. The highest BCUT2D eigenvalue weighted by Gasteiger charge is 2.23. The molecule has 1 rings (SSSR count). The number of nitrogens with one attached hydrogen (secondary N) is 1. The van der Waals surface area contributed by atoms with Gasteiger partial charge in [0.25, 0.3) is 5.56 Å². The summed E-state index contributed by atoms with van der Waals surface area (Å²) in [5.74, 6) is 0.211. The van der Waals surface area contributed by atoms with E-state index in [1.54, 1.807) is 0 Å². The lowest BCUT2D eigenvalue weighted by atomic mass is 10.2. The van der Waals surface area contributed by atoms with Crippen molar-refractivity contribution >= 4 is 10.0 Å². The van der Waals surface area contributed by atoms with E-state index >= 15 is 0 Å². The smallest absolute Gasteiger partial charge is 0.268 e. The fourth-order valence-corrected chi connectivity index (χ4v) is 2.76. The van der Waals surface area contributed by atoms with Gasteiger partial charge in [-0.15, -0.1) is 0 Å². The maximum atomic E-state index is 12.0. The molecule has 0 atom stereocenters. The van der Waals surface area contributed by atoms with Gasteiger partial charge in [0.1, 0.15) is 4.90 Å². The molecule has 1 N–H and O–H groups in total. The minimum absolute atomic E-state index is 0.210. The Hall–Kier alpha value is -1.14. The van der Waals surface area contributed by atoms with Crippen molar-refractivity contribution in [1.82, 2.24) is 9.29 Å². The lowest BCUT2D eigenvalue weighted by Crippen LogP contribution is -2.33. The Bertz CT molecular complexity index is 505. The molecule has 0 spiro atoms. The molecule has 0 aromatic carbocycles. The first-order valence-electron chi connectivity index (χ1n) is 4.99. The van der Waals surface area contributed by atoms with Crippen LogP contribution in [0.2, 0.25) is 0 Å². The number of sulfonamides is 1. The quantitative estimate of drug-likeness (QED) is 0.845. The normalized spacial score (nSPS) is 12.3. The van der Waals surface area contributed by atoms with Gasteiger partial charge in [0.15, 0.2) is 0 Å². The van der Waals surface area contributed by atoms with Crippen LogP contribution in [0.1, 0.15) is 13.8 Å². The van der Waals surface area contributed by atoms with Gasteiger partial charge in [0, 0.05) is 19.8 Å². The summed E-state index contributed by atoms with van der Waals surface area (Å²) in [7, 11) is -2.20. The third kappa shape index (κ3) is 2.70. The van der Waals surface area contributed by atoms with Gasteiger partial charge in [-0.3, -0.25) is 4.79 Å². The molecule has 0 aliphatic carbocycles. The first-order valence-corrected chi connectivity index (χ1v) is 6.43. The molecule has 1 aromatic rings. The molecule has 5 nitrogen and oxygen atoms in total. The number of rotatable bonds is 4. The third-order valence-corrected chi connectivity index (χ3v) is 3.94. The summed E-state index contributed by atoms with van der Waals surface area (Å²) in [6, 6.07) is 2.81. The van der Waals surface area contributed by atoms with E-state index in [1.807, 2.05) is 13.8 Å². The summed E-state index contributed by atoms with van der Waals surface area (Å²) in [4.78, 5) is 13.5. The first kappa shape index (κ1) is 12.9. The average Bonchev–Trinajstić information content (AvgIpc) is 2.16. The van der Waals surface area contributed by atoms with Crippen molar-refractivity contribution in [3.8, 4) is 0 Å². The highest BCUT2D eigenvalue weighted by molar-refractivity contribution is 7.89. The molecular formula is C10H16N2O3S. The van der Waals surface area contributed by atoms with Crippen LogP contribution in [0.3, 0.4) is 0 Å². The lowest BCUT2D eigenvalue weighted by Gasteiger charge is -2.18. The topological polar surface area (TPSA) is 70.2 Å². The van der Waals surface area contributed by atoms with E-state index in [4.69, 9.17) is 0 Å². The van der Waals surface area contributed by atoms with Gasteiger partial charge in [-0.1, -0.05) is 13.8 Å². The van der Waals surface area contributed by atoms with Crippen LogP contribution < -0.4 is 5.56 Å². The van der Waals surface area contributed by atoms with Crippen molar-refractivity contribution in [2.45, 2.75) is 18.7 Å². The second kappa shape index (κ2) is 4.80. The Morgan fingerprint density at radius 2 is 2.06 bits per heavy atom. The van der Waals surface area contributed by atoms with E-state index in [1.165, 1.54) is 29.7 Å². The van der Waals surface area contributed by atoms with E-state index in [0.29, 0.717) is 6.54 Å². The van der Waals surface area contributed by atoms with E-state index in [2.05, 4.69) is 4.98 Å². The Labute approximate surface area is 95.2 Å². The minimum atomic E-state index is -3.68. The second-order valence-corrected chi connectivity index (χ2v) is 6.06. The van der Waals surface area contributed by atoms with Crippen molar-refractivity contribution in [2.24, 2.45) is 5.92 Å². The molecule has 0 radical (unpaired) electrons. The van der Waals surface area contributed by atoms with Crippen molar-refractivity contribution in [1.29, 1.82) is 0 Å². The molecule has 0 aliphatic heterocycles. The van der Waals surface area contributed by atoms with Crippen molar-refractivity contribution in [3.05, 3.63) is 28.7 Å². The van der Waals surface area contributed by atoms with E-state index < -0.39 is 15.6 Å². The molecule has 1 aromatic heterocycles. The zero-order chi connectivity index (χ0) is 12.3. The Morgan fingerprint density at radius 3 is 2.56 bits per heavy atom. The molecule has 0 saturated heterocycles. The molecule has 0 amide bonds. The highest BCUT2D eigenvalue weighted by atomic mass is 32.2. The maximum Gasteiger partial charge on any atom is 0.268 e. The van der Waals surface area contributed by atoms with Crippen molar-refractivity contribution in [2.75, 3.05) is 13.6 Å². The third-order valence-electron chi connectivity index (χ3n) is 2.09. The molecule has 0 unspecified atom stereocenters. The Morgan fingerprint density at radius 1 is 1.44 bits per heavy atom. The summed E-state index contributed by atoms with van der Waals surface area (Å²) in [6.45, 7) is 4.22. The largest absolute Gasteiger partial charge is 0.328 e. The van der Waals surface area contributed by atoms with Crippen LogP contribution in [0, 0.1) is 5.92 Å². The van der Waals surface area contributed by atoms with Gasteiger partial charge in [-0.2, -0.15) is 0 Å². The molecule has 0 aliphatic rings. The number of pyridine rings is 1. The van der Waals surface area contributed by atoms with Crippen LogP contribution >= 0.6 is 0 Å². The monoisotopic (exact) mass is 244 g/mol. The highest BCUT2D eigenvalue weighted by Crippen LogP contribution is 2.10. The summed E-state index contributed by atoms with van der Waals surface area (Å²) in [5, 5.41) is 0. The number of H-pyrrole nitrogens is 1. The van der Waals surface area contributed by atoms with Crippen LogP contribution in [0.4, 0.5) is 0 Å². The van der Waals surface area contributed by atoms with Crippen LogP contribution in [-0.4, -0.2) is 31.3 Å². The lowest BCUT2D eigenvalue weighted by molar-refractivity contribution is 0.416. The van der Waals surface area contributed by atoms with Crippen molar-refractivity contribution in [3.63, 3.8) is 0 Å². The zero-order valence-electron chi connectivity index (χ0n) is 9.60. The zero-order valence-corrected chi connectivity index (χ0v) is 10.4. The molecule has 90 valence electrons. The molecule has 0 bridgehead atoms. The van der Waals surface area contributed by atoms with Crippen LogP contribution in [0.25, 0.3) is 0 Å². The summed E-state index contributed by atoms with van der Waals surface area (Å²) < 4.78 is 25.2. The van der Waals surface area contributed by atoms with E-state index in [-0.39, 0.29) is 10.8 Å². The molecular weight excluding hydrogens is 228 g/mol. The molecule has 0 fully saturated rings. The van der Waals surface area contributed by atoms with Gasteiger partial charge in [0.05, 0.1) is 0 Å². The van der Waals surface area contributed by atoms with Crippen LogP contribution in [-0.2, 0) is 10.0 Å². The van der Waals surface area contributed by atoms with Gasteiger partial charge < -0.3 is 4.98 Å². The minimum Gasteiger partial charge on any atom is -0.328 e. The summed E-state index contributed by atoms with van der Waals surface area (Å²) in [5.41, 5.74) is -0.585. The fourth-order valence-electron chi connectivity index (χ4n) is 1.39. The van der Waals surface area contributed by atoms with Crippen LogP contribution in [0.5, 0.6) is 0 Å². The average molecular weight is 244 g/mol. The summed E-state index contributed by atoms with van der Waals surface area (Å²) >= 11 is 0. The van der Waals surface area contributed by atoms with Gasteiger partial charge in [0.2, 0.25) is 10.0 Å². The molecule has 0 saturated carbocycles. The van der Waals surface area contributed by atoms with E-state index in [0.717, 1.165) is 0 Å². The Balaban J connectivity index is 3.13. The van der Waals surface area contributed by atoms with Gasteiger partial charge >= 0.3 is 0 Å². The standard InChI is InChI=1S/C10H16N2O3S/c1-8(2)7-12(3)16(14,15)9-5-4-6-11-10(9)13/h4-6,8H,7H2,1-3H3,(H,11,13). The molecule has 16 heavy (non-hydrogen) atoms. The van der Waals surface area contributed by atoms with Crippen LogP contribution in [0.15, 0.2) is 28.0 Å². The second-order valence-electron chi connectivity index (χ2n) is 4.04. The number of aromatic amines is 1. The first-order chi connectivity index (χ1) is 7.35. The maximum absolute atomic E-state index is 12.0. The number of hydrogen-bond acceptors (Lipinski definition) is 3. The number of hydrogen-bond donors (Lipinski definition) is 1. The van der Waals surface area contributed by atoms with Crippen molar-refractivity contribution < 1.29 is 8.42 Å². The molecule has 1 heterocycles.